The zero-order valence-electron chi connectivity index (χ0n) is 31.3. The smallest absolute Gasteiger partial charge is 0.315 e. The molecule has 3 fully saturated rings. The SMILES string of the molecule is CCc1cnn([C@H]2C[C@@H](n3cnc4c(N[C@H](CO)Cc5ccccc5)nc(N5CC[C@@H](NC(=O)NC6CCN(c7cccc(Cl)n7)CC6)C5)nc43)[C@H](O)[C@@H]2O)c1. The summed E-state index contributed by atoms with van der Waals surface area (Å²) in [7, 11) is 0. The number of aliphatic hydroxyl groups excluding tert-OH is 3. The number of aryl methyl sites for hydroxylation is 1. The van der Waals surface area contributed by atoms with E-state index in [1.54, 1.807) is 23.3 Å². The van der Waals surface area contributed by atoms with Crippen molar-refractivity contribution in [2.24, 2.45) is 0 Å². The molecule has 16 nitrogen and oxygen atoms in total. The summed E-state index contributed by atoms with van der Waals surface area (Å²) in [5.41, 5.74) is 3.09. The van der Waals surface area contributed by atoms with Gasteiger partial charge in [0.05, 0.1) is 37.3 Å². The van der Waals surface area contributed by atoms with Crippen LogP contribution in [0.4, 0.5) is 22.4 Å². The van der Waals surface area contributed by atoms with Crippen LogP contribution < -0.4 is 25.8 Å². The first-order valence-corrected chi connectivity index (χ1v) is 19.9. The van der Waals surface area contributed by atoms with Crippen LogP contribution >= 0.6 is 11.6 Å². The van der Waals surface area contributed by atoms with E-state index < -0.39 is 24.3 Å². The third-order valence-corrected chi connectivity index (χ3v) is 11.5. The Morgan fingerprint density at radius 1 is 0.911 bits per heavy atom. The lowest BCUT2D eigenvalue weighted by Gasteiger charge is -2.33. The quantitative estimate of drug-likeness (QED) is 0.101. The average molecular weight is 785 g/mol. The summed E-state index contributed by atoms with van der Waals surface area (Å²) < 4.78 is 3.56. The fraction of sp³-hybridized carbons (Fsp3) is 0.487. The fourth-order valence-corrected chi connectivity index (χ4v) is 8.37. The lowest BCUT2D eigenvalue weighted by molar-refractivity contribution is 0.00721. The van der Waals surface area contributed by atoms with Gasteiger partial charge in [-0.25, -0.2) is 14.8 Å². The Labute approximate surface area is 329 Å². The van der Waals surface area contributed by atoms with Gasteiger partial charge in [-0.15, -0.1) is 0 Å². The van der Waals surface area contributed by atoms with Crippen LogP contribution in [0.5, 0.6) is 0 Å². The van der Waals surface area contributed by atoms with Crippen LogP contribution in [-0.2, 0) is 12.8 Å². The van der Waals surface area contributed by atoms with E-state index in [1.165, 1.54) is 0 Å². The number of carbonyl (C=O) groups excluding carboxylic acids is 1. The summed E-state index contributed by atoms with van der Waals surface area (Å²) in [5.74, 6) is 1.74. The van der Waals surface area contributed by atoms with Crippen molar-refractivity contribution in [2.75, 3.05) is 47.9 Å². The number of carbonyl (C=O) groups is 1. The maximum Gasteiger partial charge on any atom is 0.315 e. The maximum atomic E-state index is 13.2. The molecule has 2 amide bonds. The molecular weight excluding hydrogens is 736 g/mol. The number of fused-ring (bicyclic) bond motifs is 1. The van der Waals surface area contributed by atoms with Crippen molar-refractivity contribution in [3.05, 3.63) is 83.5 Å². The third-order valence-electron chi connectivity index (χ3n) is 11.3. The van der Waals surface area contributed by atoms with Gasteiger partial charge in [0, 0.05) is 44.5 Å². The first-order chi connectivity index (χ1) is 27.3. The second kappa shape index (κ2) is 16.6. The van der Waals surface area contributed by atoms with E-state index in [-0.39, 0.29) is 30.8 Å². The summed E-state index contributed by atoms with van der Waals surface area (Å²) in [6.45, 7) is 4.54. The Balaban J connectivity index is 0.989. The van der Waals surface area contributed by atoms with Gasteiger partial charge in [-0.3, -0.25) is 4.68 Å². The van der Waals surface area contributed by atoms with E-state index in [0.717, 1.165) is 49.3 Å². The van der Waals surface area contributed by atoms with E-state index in [0.29, 0.717) is 60.4 Å². The lowest BCUT2D eigenvalue weighted by atomic mass is 10.1. The van der Waals surface area contributed by atoms with Crippen LogP contribution in [0.1, 0.15) is 55.8 Å². The largest absolute Gasteiger partial charge is 0.394 e. The van der Waals surface area contributed by atoms with Gasteiger partial charge in [-0.1, -0.05) is 54.9 Å². The summed E-state index contributed by atoms with van der Waals surface area (Å²) in [4.78, 5) is 36.5. The number of aliphatic hydroxyl groups is 3. The van der Waals surface area contributed by atoms with Crippen LogP contribution in [0.3, 0.4) is 0 Å². The minimum Gasteiger partial charge on any atom is -0.394 e. The molecule has 4 aromatic heterocycles. The van der Waals surface area contributed by atoms with Crippen molar-refractivity contribution in [2.45, 2.75) is 87.9 Å². The van der Waals surface area contributed by atoms with Crippen LogP contribution in [-0.4, -0.2) is 119 Å². The van der Waals surface area contributed by atoms with Gasteiger partial charge in [-0.05, 0) is 61.8 Å². The Morgan fingerprint density at radius 2 is 1.66 bits per heavy atom. The van der Waals surface area contributed by atoms with Crippen molar-refractivity contribution < 1.29 is 20.1 Å². The van der Waals surface area contributed by atoms with E-state index in [2.05, 4.69) is 30.9 Å². The minimum absolute atomic E-state index is 0.0454. The normalized spacial score (nSPS) is 23.5. The summed E-state index contributed by atoms with van der Waals surface area (Å²) in [6, 6.07) is 13.9. The number of halogens is 1. The molecule has 0 unspecified atom stereocenters. The lowest BCUT2D eigenvalue weighted by Crippen LogP contribution is -2.50. The third kappa shape index (κ3) is 8.10. The highest BCUT2D eigenvalue weighted by molar-refractivity contribution is 6.29. The first-order valence-electron chi connectivity index (χ1n) is 19.5. The van der Waals surface area contributed by atoms with Crippen LogP contribution in [0.25, 0.3) is 11.2 Å². The Morgan fingerprint density at radius 3 is 2.41 bits per heavy atom. The predicted octanol–water partition coefficient (Wildman–Crippen LogP) is 3.10. The predicted molar refractivity (Wildman–Crippen MR) is 213 cm³/mol. The number of nitrogens with one attached hydrogen (secondary N) is 3. The second-order valence-electron chi connectivity index (χ2n) is 15.1. The molecule has 1 saturated carbocycles. The molecule has 1 aromatic carbocycles. The van der Waals surface area contributed by atoms with Crippen LogP contribution in [0, 0.1) is 0 Å². The van der Waals surface area contributed by atoms with Gasteiger partial charge in [0.2, 0.25) is 5.95 Å². The van der Waals surface area contributed by atoms with Gasteiger partial charge < -0.3 is 45.6 Å². The Kier molecular flexibility index (Phi) is 11.2. The van der Waals surface area contributed by atoms with Crippen molar-refractivity contribution in [1.82, 2.24) is 44.9 Å². The molecule has 6 atom stereocenters. The molecule has 8 rings (SSSR count). The highest BCUT2D eigenvalue weighted by atomic mass is 35.5. The van der Waals surface area contributed by atoms with E-state index in [9.17, 15) is 20.1 Å². The number of nitrogens with zero attached hydrogens (tertiary/aromatic N) is 9. The van der Waals surface area contributed by atoms with Gasteiger partial charge in [0.15, 0.2) is 17.0 Å². The maximum absolute atomic E-state index is 13.2. The number of anilines is 3. The van der Waals surface area contributed by atoms with Gasteiger partial charge >= 0.3 is 6.03 Å². The molecule has 17 heteroatoms. The summed E-state index contributed by atoms with van der Waals surface area (Å²) in [6.07, 6.45) is 7.27. The molecule has 2 saturated heterocycles. The van der Waals surface area contributed by atoms with E-state index >= 15 is 0 Å². The molecule has 296 valence electrons. The molecule has 5 aromatic rings. The number of hydrogen-bond acceptors (Lipinski definition) is 12. The number of pyridine rings is 1. The van der Waals surface area contributed by atoms with Crippen LogP contribution in [0.2, 0.25) is 5.15 Å². The number of imidazole rings is 1. The number of rotatable bonds is 12. The number of amides is 2. The number of urea groups is 1. The van der Waals surface area contributed by atoms with E-state index in [1.807, 2.05) is 65.1 Å². The molecule has 0 radical (unpaired) electrons. The zero-order valence-corrected chi connectivity index (χ0v) is 32.1. The molecule has 0 bridgehead atoms. The monoisotopic (exact) mass is 784 g/mol. The molecule has 3 aliphatic rings. The standard InChI is InChI=1S/C39H49ClN12O4/c1-2-24-19-42-52(20-24)30-18-29(34(54)35(30)55)51-23-41-33-36(43-28(22-53)17-25-7-4-3-5-8-25)47-38(48-37(33)51)50-16-13-27(21-50)45-39(56)44-26-11-14-49(15-12-26)32-10-6-9-31(40)46-32/h3-10,19-20,23,26-30,34-35,53-55H,2,11-18,21-22H2,1H3,(H,43,47,48)(H2,44,45,56)/t27-,28+,29-,30+,34+,35-/m1/s1. The number of hydrogen-bond donors (Lipinski definition) is 6. The van der Waals surface area contributed by atoms with Gasteiger partial charge in [0.25, 0.3) is 0 Å². The van der Waals surface area contributed by atoms with Crippen LogP contribution in [0.15, 0.2) is 67.3 Å². The Hall–Kier alpha value is -5.03. The number of piperidine rings is 1. The number of aromatic nitrogens is 7. The average Bonchev–Trinajstić information content (AvgIpc) is 4.03. The highest BCUT2D eigenvalue weighted by Crippen LogP contribution is 2.40. The zero-order chi connectivity index (χ0) is 38.8. The van der Waals surface area contributed by atoms with E-state index in [4.69, 9.17) is 26.6 Å². The number of benzene rings is 1. The van der Waals surface area contributed by atoms with Crippen molar-refractivity contribution in [3.8, 4) is 0 Å². The molecule has 1 aliphatic carbocycles. The van der Waals surface area contributed by atoms with Crippen molar-refractivity contribution in [1.29, 1.82) is 0 Å². The fourth-order valence-electron chi connectivity index (χ4n) is 8.21. The molecule has 6 heterocycles. The summed E-state index contributed by atoms with van der Waals surface area (Å²) >= 11 is 6.09. The molecule has 56 heavy (non-hydrogen) atoms. The second-order valence-corrected chi connectivity index (χ2v) is 15.5. The van der Waals surface area contributed by atoms with Gasteiger partial charge in [-0.2, -0.15) is 15.1 Å². The van der Waals surface area contributed by atoms with Gasteiger partial charge in [0.1, 0.15) is 23.2 Å². The minimum atomic E-state index is -1.09. The topological polar surface area (TPSA) is 195 Å². The molecular formula is C39H49ClN12O4. The molecule has 2 aliphatic heterocycles. The summed E-state index contributed by atoms with van der Waals surface area (Å²) in [5, 5.41) is 47.7. The van der Waals surface area contributed by atoms with Crippen molar-refractivity contribution in [3.63, 3.8) is 0 Å². The van der Waals surface area contributed by atoms with Crippen molar-refractivity contribution >= 4 is 46.4 Å². The highest BCUT2D eigenvalue weighted by Gasteiger charge is 2.45. The molecule has 6 N–H and O–H groups in total. The Bertz CT molecular complexity index is 2110. The molecule has 0 spiro atoms. The first kappa shape index (κ1) is 37.9.